The highest BCUT2D eigenvalue weighted by Crippen LogP contribution is 2.20. The van der Waals surface area contributed by atoms with Gasteiger partial charge in [0.25, 0.3) is 0 Å². The number of hydrogen-bond acceptors (Lipinski definition) is 5. The van der Waals surface area contributed by atoms with Crippen molar-refractivity contribution in [1.82, 2.24) is 14.9 Å². The summed E-state index contributed by atoms with van der Waals surface area (Å²) in [5.74, 6) is 1.08. The maximum Gasteiger partial charge on any atom is 0.245 e. The number of methoxy groups -OCH3 is 1. The Morgan fingerprint density at radius 3 is 3.16 bits per heavy atom. The van der Waals surface area contributed by atoms with Crippen molar-refractivity contribution in [3.63, 3.8) is 0 Å². The molecule has 0 radical (unpaired) electrons. The Balaban J connectivity index is 2.13. The normalized spacial score (nSPS) is 18.5. The average Bonchev–Trinajstić information content (AvgIpc) is 2.80. The van der Waals surface area contributed by atoms with E-state index in [1.807, 2.05) is 7.05 Å². The Kier molecular flexibility index (Phi) is 3.99. The lowest BCUT2D eigenvalue weighted by molar-refractivity contribution is -0.128. The summed E-state index contributed by atoms with van der Waals surface area (Å²) in [5.41, 5.74) is 0. The molecule has 1 aliphatic rings. The molecule has 1 atom stereocenters. The van der Waals surface area contributed by atoms with Crippen molar-refractivity contribution in [3.8, 4) is 5.88 Å². The minimum Gasteiger partial charge on any atom is -0.481 e. The van der Waals surface area contributed by atoms with Gasteiger partial charge in [0, 0.05) is 32.4 Å². The van der Waals surface area contributed by atoms with Gasteiger partial charge in [0.1, 0.15) is 6.04 Å². The first-order valence-electron chi connectivity index (χ1n) is 6.17. The fourth-order valence-corrected chi connectivity index (χ4v) is 2.17. The van der Waals surface area contributed by atoms with Gasteiger partial charge in [-0.3, -0.25) is 4.79 Å². The Morgan fingerprint density at radius 1 is 1.68 bits per heavy atom. The quantitative estimate of drug-likeness (QED) is 0.731. The largest absolute Gasteiger partial charge is 0.481 e. The zero-order chi connectivity index (χ0) is 13.8. The molecule has 0 saturated carbocycles. The van der Waals surface area contributed by atoms with Crippen LogP contribution in [0.25, 0.3) is 0 Å². The van der Waals surface area contributed by atoms with Crippen molar-refractivity contribution in [2.24, 2.45) is 0 Å². The molecule has 1 aliphatic heterocycles. The number of likely N-dealkylation sites (N-methyl/N-ethyl adjacent to an activating group) is 1. The molecule has 6 nitrogen and oxygen atoms in total. The summed E-state index contributed by atoms with van der Waals surface area (Å²) in [6, 6.07) is 1.46. The van der Waals surface area contributed by atoms with E-state index in [-0.39, 0.29) is 11.9 Å². The summed E-state index contributed by atoms with van der Waals surface area (Å²) >= 11 is 0. The molecule has 1 amide bonds. The standard InChI is InChI=1S/C13H18N4O2/c1-4-8-17-9-6-10(12(17)18)16(2)13-14-7-5-11(15-13)19-3/h4-5,7,10H,1,6,8-9H2,2-3H3/t10-/m0/s1. The number of anilines is 1. The van der Waals surface area contributed by atoms with Crippen molar-refractivity contribution in [3.05, 3.63) is 24.9 Å². The minimum atomic E-state index is -0.216. The SMILES string of the molecule is C=CCN1CC[C@H](N(C)c2nccc(OC)n2)C1=O. The first-order chi connectivity index (χ1) is 9.17. The van der Waals surface area contributed by atoms with Crippen LogP contribution in [0.5, 0.6) is 5.88 Å². The van der Waals surface area contributed by atoms with E-state index in [4.69, 9.17) is 4.74 Å². The van der Waals surface area contributed by atoms with Crippen LogP contribution in [0.3, 0.4) is 0 Å². The molecule has 0 aliphatic carbocycles. The Labute approximate surface area is 112 Å². The van der Waals surface area contributed by atoms with E-state index >= 15 is 0 Å². The summed E-state index contributed by atoms with van der Waals surface area (Å²) in [6.45, 7) is 4.99. The van der Waals surface area contributed by atoms with Gasteiger partial charge in [-0.2, -0.15) is 4.98 Å². The van der Waals surface area contributed by atoms with E-state index in [0.717, 1.165) is 13.0 Å². The van der Waals surface area contributed by atoms with Crippen molar-refractivity contribution in [2.75, 3.05) is 32.1 Å². The van der Waals surface area contributed by atoms with E-state index in [9.17, 15) is 4.79 Å². The monoisotopic (exact) mass is 262 g/mol. The van der Waals surface area contributed by atoms with Gasteiger partial charge >= 0.3 is 0 Å². The summed E-state index contributed by atoms with van der Waals surface area (Å²) < 4.78 is 5.07. The fraction of sp³-hybridized carbons (Fsp3) is 0.462. The van der Waals surface area contributed by atoms with Gasteiger partial charge < -0.3 is 14.5 Å². The molecule has 1 fully saturated rings. The van der Waals surface area contributed by atoms with Crippen LogP contribution in [-0.2, 0) is 4.79 Å². The van der Waals surface area contributed by atoms with E-state index in [1.165, 1.54) is 0 Å². The summed E-state index contributed by atoms with van der Waals surface area (Å²) in [4.78, 5) is 24.2. The lowest BCUT2D eigenvalue weighted by Gasteiger charge is -2.23. The fourth-order valence-electron chi connectivity index (χ4n) is 2.17. The predicted octanol–water partition coefficient (Wildman–Crippen LogP) is 0.708. The molecule has 0 unspecified atom stereocenters. The molecule has 1 saturated heterocycles. The number of likely N-dealkylation sites (tertiary alicyclic amines) is 1. The molecule has 19 heavy (non-hydrogen) atoms. The maximum absolute atomic E-state index is 12.2. The third-order valence-electron chi connectivity index (χ3n) is 3.23. The Bertz CT molecular complexity index is 477. The molecule has 0 bridgehead atoms. The van der Waals surface area contributed by atoms with Gasteiger partial charge in [0.05, 0.1) is 7.11 Å². The van der Waals surface area contributed by atoms with Crippen LogP contribution in [0.4, 0.5) is 5.95 Å². The van der Waals surface area contributed by atoms with Crippen LogP contribution in [-0.4, -0.2) is 54.1 Å². The topological polar surface area (TPSA) is 58.6 Å². The summed E-state index contributed by atoms with van der Waals surface area (Å²) in [6.07, 6.45) is 4.13. The number of carbonyl (C=O) groups excluding carboxylic acids is 1. The first kappa shape index (κ1) is 13.3. The molecule has 2 rings (SSSR count). The second-order valence-corrected chi connectivity index (χ2v) is 4.39. The highest BCUT2D eigenvalue weighted by Gasteiger charge is 2.34. The Hall–Kier alpha value is -2.11. The molecule has 0 aromatic carbocycles. The van der Waals surface area contributed by atoms with Crippen molar-refractivity contribution in [2.45, 2.75) is 12.5 Å². The van der Waals surface area contributed by atoms with E-state index in [0.29, 0.717) is 18.4 Å². The third-order valence-corrected chi connectivity index (χ3v) is 3.23. The van der Waals surface area contributed by atoms with Crippen molar-refractivity contribution in [1.29, 1.82) is 0 Å². The van der Waals surface area contributed by atoms with Crippen LogP contribution in [0, 0.1) is 0 Å². The molecule has 1 aromatic heterocycles. The number of carbonyl (C=O) groups is 1. The highest BCUT2D eigenvalue weighted by molar-refractivity contribution is 5.86. The van der Waals surface area contributed by atoms with Gasteiger partial charge in [0.2, 0.25) is 17.7 Å². The van der Waals surface area contributed by atoms with Gasteiger partial charge in [-0.05, 0) is 6.42 Å². The highest BCUT2D eigenvalue weighted by atomic mass is 16.5. The summed E-state index contributed by atoms with van der Waals surface area (Å²) in [7, 11) is 3.38. The van der Waals surface area contributed by atoms with E-state index < -0.39 is 0 Å². The van der Waals surface area contributed by atoms with Gasteiger partial charge in [-0.15, -0.1) is 6.58 Å². The molecule has 2 heterocycles. The number of nitrogens with zero attached hydrogens (tertiary/aromatic N) is 4. The molecular weight excluding hydrogens is 244 g/mol. The smallest absolute Gasteiger partial charge is 0.245 e. The van der Waals surface area contributed by atoms with Crippen molar-refractivity contribution >= 4 is 11.9 Å². The average molecular weight is 262 g/mol. The van der Waals surface area contributed by atoms with Crippen LogP contribution in [0.1, 0.15) is 6.42 Å². The summed E-state index contributed by atoms with van der Waals surface area (Å²) in [5, 5.41) is 0. The molecule has 0 N–H and O–H groups in total. The minimum absolute atomic E-state index is 0.0915. The number of rotatable bonds is 5. The lowest BCUT2D eigenvalue weighted by Crippen LogP contribution is -2.40. The van der Waals surface area contributed by atoms with Crippen LogP contribution >= 0.6 is 0 Å². The van der Waals surface area contributed by atoms with Crippen LogP contribution in [0.2, 0.25) is 0 Å². The third kappa shape index (κ3) is 2.67. The Morgan fingerprint density at radius 2 is 2.47 bits per heavy atom. The molecule has 0 spiro atoms. The predicted molar refractivity (Wildman–Crippen MR) is 72.2 cm³/mol. The van der Waals surface area contributed by atoms with Crippen LogP contribution in [0.15, 0.2) is 24.9 Å². The zero-order valence-electron chi connectivity index (χ0n) is 11.2. The number of ether oxygens (including phenoxy) is 1. The number of hydrogen-bond donors (Lipinski definition) is 0. The van der Waals surface area contributed by atoms with E-state index in [2.05, 4.69) is 16.5 Å². The van der Waals surface area contributed by atoms with Crippen LogP contribution < -0.4 is 9.64 Å². The first-order valence-corrected chi connectivity index (χ1v) is 6.17. The van der Waals surface area contributed by atoms with Gasteiger partial charge in [-0.25, -0.2) is 4.98 Å². The molecular formula is C13H18N4O2. The maximum atomic E-state index is 12.2. The lowest BCUT2D eigenvalue weighted by atomic mass is 10.2. The second kappa shape index (κ2) is 5.69. The molecule has 6 heteroatoms. The van der Waals surface area contributed by atoms with Crippen molar-refractivity contribution < 1.29 is 9.53 Å². The van der Waals surface area contributed by atoms with Gasteiger partial charge in [0.15, 0.2) is 0 Å². The van der Waals surface area contributed by atoms with E-state index in [1.54, 1.807) is 35.2 Å². The zero-order valence-corrected chi connectivity index (χ0v) is 11.2. The number of amides is 1. The molecule has 102 valence electrons. The number of aromatic nitrogens is 2. The second-order valence-electron chi connectivity index (χ2n) is 4.39. The van der Waals surface area contributed by atoms with Gasteiger partial charge in [-0.1, -0.05) is 6.08 Å². The molecule has 1 aromatic rings.